The molecular weight excluding hydrogens is 769 g/mol. The lowest BCUT2D eigenvalue weighted by Crippen LogP contribution is -2.33. The van der Waals surface area contributed by atoms with Crippen LogP contribution in [-0.4, -0.2) is 90.7 Å². The molecule has 294 valence electrons. The van der Waals surface area contributed by atoms with Crippen molar-refractivity contribution in [3.8, 4) is 11.6 Å². The maximum Gasteiger partial charge on any atom is 0.433 e. The predicted molar refractivity (Wildman–Crippen MR) is 200 cm³/mol. The van der Waals surface area contributed by atoms with E-state index in [0.717, 1.165) is 54.4 Å². The van der Waals surface area contributed by atoms with Gasteiger partial charge in [-0.05, 0) is 47.5 Å². The van der Waals surface area contributed by atoms with Crippen LogP contribution in [0.15, 0.2) is 97.8 Å². The number of carbonyl (C=O) groups excluding carboxylic acids is 2. The third-order valence-corrected chi connectivity index (χ3v) is 8.79. The van der Waals surface area contributed by atoms with Crippen molar-refractivity contribution in [3.05, 3.63) is 131 Å². The van der Waals surface area contributed by atoms with Crippen molar-refractivity contribution in [2.24, 2.45) is 0 Å². The highest BCUT2D eigenvalue weighted by atomic mass is 35.5. The number of rotatable bonds is 8. The van der Waals surface area contributed by atoms with E-state index in [2.05, 4.69) is 51.4 Å². The highest BCUT2D eigenvalue weighted by Crippen LogP contribution is 2.28. The van der Waals surface area contributed by atoms with Crippen LogP contribution < -0.4 is 21.3 Å². The molecule has 6 aromatic rings. The first-order chi connectivity index (χ1) is 27.6. The van der Waals surface area contributed by atoms with Crippen LogP contribution in [0.2, 0.25) is 5.15 Å². The van der Waals surface area contributed by atoms with Crippen molar-refractivity contribution in [2.75, 3.05) is 50.0 Å². The van der Waals surface area contributed by atoms with Gasteiger partial charge in [0.2, 0.25) is 0 Å². The highest BCUT2D eigenvalue weighted by Gasteiger charge is 2.33. The molecule has 0 bridgehead atoms. The Hall–Kier alpha value is -6.12. The molecule has 8 rings (SSSR count). The minimum absolute atomic E-state index is 0.0334. The van der Waals surface area contributed by atoms with E-state index in [1.54, 1.807) is 24.4 Å². The average Bonchev–Trinajstić information content (AvgIpc) is 3.95. The molecule has 57 heavy (non-hydrogen) atoms. The minimum atomic E-state index is -4.60. The number of hydrogen-bond donors (Lipinski definition) is 4. The van der Waals surface area contributed by atoms with Gasteiger partial charge in [-0.15, -0.1) is 0 Å². The van der Waals surface area contributed by atoms with Crippen molar-refractivity contribution >= 4 is 34.8 Å². The van der Waals surface area contributed by atoms with Gasteiger partial charge in [0.25, 0.3) is 11.8 Å². The van der Waals surface area contributed by atoms with E-state index in [1.165, 1.54) is 29.3 Å². The molecule has 2 fully saturated rings. The Morgan fingerprint density at radius 3 is 1.68 bits per heavy atom. The summed E-state index contributed by atoms with van der Waals surface area (Å²) in [6, 6.07) is 18.6. The Bertz CT molecular complexity index is 2280. The number of alkyl halides is 3. The van der Waals surface area contributed by atoms with Crippen molar-refractivity contribution in [1.29, 1.82) is 0 Å². The Kier molecular flexibility index (Phi) is 12.2. The summed E-state index contributed by atoms with van der Waals surface area (Å²) in [6.07, 6.45) is 2.11. The lowest BCUT2D eigenvalue weighted by atomic mass is 10.1. The first kappa shape index (κ1) is 39.1. The zero-order chi connectivity index (χ0) is 39.8. The molecule has 6 heterocycles. The summed E-state index contributed by atoms with van der Waals surface area (Å²) in [6.45, 7) is 4.55. The van der Waals surface area contributed by atoms with Gasteiger partial charge in [0.15, 0.2) is 23.0 Å². The summed E-state index contributed by atoms with van der Waals surface area (Å²) >= 11 is 5.73. The topological polar surface area (TPSA) is 188 Å². The number of amides is 2. The molecule has 2 atom stereocenters. The molecule has 0 unspecified atom stereocenters. The van der Waals surface area contributed by atoms with Crippen molar-refractivity contribution in [3.63, 3.8) is 0 Å². The summed E-state index contributed by atoms with van der Waals surface area (Å²) in [5.41, 5.74) is 2.53. The lowest BCUT2D eigenvalue weighted by Gasteiger charge is -2.24. The van der Waals surface area contributed by atoms with Gasteiger partial charge >= 0.3 is 6.18 Å². The molecule has 2 saturated heterocycles. The molecule has 0 aliphatic carbocycles. The summed E-state index contributed by atoms with van der Waals surface area (Å²) < 4.78 is 52.4. The largest absolute Gasteiger partial charge is 0.433 e. The number of ether oxygens (including phenoxy) is 2. The Morgan fingerprint density at radius 1 is 0.702 bits per heavy atom. The van der Waals surface area contributed by atoms with E-state index in [4.69, 9.17) is 21.1 Å². The zero-order valence-electron chi connectivity index (χ0n) is 29.9. The minimum Gasteiger partial charge on any atom is -0.371 e. The molecule has 4 aromatic heterocycles. The fourth-order valence-electron chi connectivity index (χ4n) is 5.71. The van der Waals surface area contributed by atoms with Crippen LogP contribution in [0, 0.1) is 0 Å². The molecule has 16 nitrogen and oxygen atoms in total. The molecule has 2 aromatic carbocycles. The Morgan fingerprint density at radius 2 is 1.23 bits per heavy atom. The van der Waals surface area contributed by atoms with E-state index in [0.29, 0.717) is 35.6 Å². The molecule has 0 saturated carbocycles. The summed E-state index contributed by atoms with van der Waals surface area (Å²) in [5, 5.41) is 20.6. The second kappa shape index (κ2) is 17.8. The molecule has 0 radical (unpaired) electrons. The molecule has 0 spiro atoms. The molecule has 4 N–H and O–H groups in total. The van der Waals surface area contributed by atoms with Crippen LogP contribution in [0.5, 0.6) is 0 Å². The van der Waals surface area contributed by atoms with Gasteiger partial charge < -0.3 is 30.7 Å². The summed E-state index contributed by atoms with van der Waals surface area (Å²) in [7, 11) is 0. The number of anilines is 2. The number of morpholine rings is 2. The van der Waals surface area contributed by atoms with Crippen LogP contribution in [0.25, 0.3) is 11.6 Å². The normalized spacial score (nSPS) is 16.9. The van der Waals surface area contributed by atoms with E-state index in [-0.39, 0.29) is 35.3 Å². The number of carbonyl (C=O) groups is 2. The highest BCUT2D eigenvalue weighted by molar-refractivity contribution is 6.29. The van der Waals surface area contributed by atoms with Gasteiger partial charge in [0, 0.05) is 56.0 Å². The smallest absolute Gasteiger partial charge is 0.371 e. The van der Waals surface area contributed by atoms with Gasteiger partial charge in [-0.1, -0.05) is 35.9 Å². The SMILES string of the molecule is O=C(Nc1ccc([C@H]2CNCCO2)cc1)c1ccn(-c2cc(C(F)(F)F)ncn2)n1.O=C(Nc1ccc([C@H]2CNCCO2)cc1)c1ccn(-c2cnc(Cl)cn2)n1. The summed E-state index contributed by atoms with van der Waals surface area (Å²) in [4.78, 5) is 39.9. The lowest BCUT2D eigenvalue weighted by molar-refractivity contribution is -0.141. The molecule has 20 heteroatoms. The third-order valence-electron chi connectivity index (χ3n) is 8.60. The van der Waals surface area contributed by atoms with Gasteiger partial charge in [-0.2, -0.15) is 23.4 Å². The van der Waals surface area contributed by atoms with Crippen LogP contribution in [0.1, 0.15) is 50.0 Å². The summed E-state index contributed by atoms with van der Waals surface area (Å²) in [5.74, 6) is -0.424. The zero-order valence-corrected chi connectivity index (χ0v) is 30.6. The molecular formula is C37H34ClF3N12O4. The van der Waals surface area contributed by atoms with Crippen LogP contribution in [-0.2, 0) is 15.7 Å². The standard InChI is InChI=1S/C19H17F3N6O2.C18H17ClN6O2/c20-19(21,22)16-9-17(25-11-24-16)28-7-5-14(27-28)18(29)26-13-3-1-12(2-4-13)15-10-23-6-8-30-15;19-16-10-22-17(11-21-16)25-7-5-14(24-25)18(26)23-13-3-1-12(2-4-13)15-9-20-6-8-27-15/h1-5,7,9,11,15,23H,6,8,10H2,(H,26,29);1-5,7,10-11,15,20H,6,8-9H2,(H,23,26)/t2*15-/m11/s1. The van der Waals surface area contributed by atoms with Crippen LogP contribution >= 0.6 is 11.6 Å². The number of halogens is 4. The quantitative estimate of drug-likeness (QED) is 0.165. The Balaban J connectivity index is 0.000000175. The molecule has 2 amide bonds. The van der Waals surface area contributed by atoms with Gasteiger partial charge in [0.05, 0.1) is 37.8 Å². The van der Waals surface area contributed by atoms with E-state index >= 15 is 0 Å². The maximum absolute atomic E-state index is 12.8. The van der Waals surface area contributed by atoms with Gasteiger partial charge in [-0.25, -0.2) is 29.3 Å². The fraction of sp³-hybridized carbons (Fsp3) is 0.243. The molecule has 2 aliphatic heterocycles. The van der Waals surface area contributed by atoms with Crippen molar-refractivity contribution in [2.45, 2.75) is 18.4 Å². The maximum atomic E-state index is 12.8. The van der Waals surface area contributed by atoms with Crippen LogP contribution in [0.4, 0.5) is 24.5 Å². The van der Waals surface area contributed by atoms with Gasteiger partial charge in [0.1, 0.15) is 17.2 Å². The number of nitrogens with zero attached hydrogens (tertiary/aromatic N) is 8. The number of aromatic nitrogens is 8. The first-order valence-electron chi connectivity index (χ1n) is 17.6. The second-order valence-electron chi connectivity index (χ2n) is 12.5. The van der Waals surface area contributed by atoms with Crippen molar-refractivity contribution < 1.29 is 32.2 Å². The predicted octanol–water partition coefficient (Wildman–Crippen LogP) is 4.82. The number of nitrogens with one attached hydrogen (secondary N) is 4. The molecule has 2 aliphatic rings. The van der Waals surface area contributed by atoms with E-state index in [1.807, 2.05) is 36.4 Å². The van der Waals surface area contributed by atoms with Crippen LogP contribution in [0.3, 0.4) is 0 Å². The van der Waals surface area contributed by atoms with E-state index in [9.17, 15) is 22.8 Å². The Labute approximate surface area is 327 Å². The van der Waals surface area contributed by atoms with E-state index < -0.39 is 17.8 Å². The first-order valence-corrected chi connectivity index (χ1v) is 17.9. The van der Waals surface area contributed by atoms with Gasteiger partial charge in [-0.3, -0.25) is 9.59 Å². The average molecular weight is 803 g/mol. The van der Waals surface area contributed by atoms with Crippen molar-refractivity contribution in [1.82, 2.24) is 50.1 Å². The second-order valence-corrected chi connectivity index (χ2v) is 12.9. The third kappa shape index (κ3) is 10.2. The number of benzene rings is 2. The number of hydrogen-bond acceptors (Lipinski definition) is 12. The monoisotopic (exact) mass is 802 g/mol. The fourth-order valence-corrected chi connectivity index (χ4v) is 5.81.